The average Bonchev–Trinajstić information content (AvgIpc) is 2.77. The fourth-order valence-corrected chi connectivity index (χ4v) is 2.98. The van der Waals surface area contributed by atoms with Gasteiger partial charge < -0.3 is 14.2 Å². The summed E-state index contributed by atoms with van der Waals surface area (Å²) in [5.41, 5.74) is 1.07. The third kappa shape index (κ3) is 3.74. The highest BCUT2D eigenvalue weighted by molar-refractivity contribution is 6.01. The van der Waals surface area contributed by atoms with Gasteiger partial charge in [0.2, 0.25) is 11.9 Å². The maximum atomic E-state index is 13.0. The molecule has 0 spiro atoms. The second kappa shape index (κ2) is 7.96. The van der Waals surface area contributed by atoms with Crippen LogP contribution in [0.4, 0.5) is 0 Å². The van der Waals surface area contributed by atoms with Crippen LogP contribution in [0.2, 0.25) is 0 Å². The van der Waals surface area contributed by atoms with Crippen LogP contribution >= 0.6 is 0 Å². The predicted molar refractivity (Wildman–Crippen MR) is 102 cm³/mol. The van der Waals surface area contributed by atoms with Gasteiger partial charge in [0.1, 0.15) is 6.61 Å². The van der Waals surface area contributed by atoms with Gasteiger partial charge in [0.05, 0.1) is 0 Å². The maximum absolute atomic E-state index is 13.0. The van der Waals surface area contributed by atoms with Crippen molar-refractivity contribution >= 4 is 11.8 Å². The summed E-state index contributed by atoms with van der Waals surface area (Å²) in [4.78, 5) is 25.8. The van der Waals surface area contributed by atoms with Crippen LogP contribution in [-0.4, -0.2) is 24.5 Å². The molecule has 140 valence electrons. The van der Waals surface area contributed by atoms with Crippen LogP contribution in [0, 0.1) is 0 Å². The molecular formula is C23H18O5. The number of benzene rings is 3. The van der Waals surface area contributed by atoms with Crippen molar-refractivity contribution in [3.05, 3.63) is 96.1 Å². The second-order valence-electron chi connectivity index (χ2n) is 6.32. The lowest BCUT2D eigenvalue weighted by Crippen LogP contribution is -2.39. The molecule has 1 aliphatic heterocycles. The summed E-state index contributed by atoms with van der Waals surface area (Å²) in [6.45, 7) is 0.0247. The van der Waals surface area contributed by atoms with E-state index in [1.807, 2.05) is 18.2 Å². The van der Waals surface area contributed by atoms with Crippen LogP contribution in [0.15, 0.2) is 84.9 Å². The number of ether oxygens (including phenoxy) is 3. The highest BCUT2D eigenvalue weighted by Crippen LogP contribution is 2.32. The highest BCUT2D eigenvalue weighted by atomic mass is 16.6. The van der Waals surface area contributed by atoms with Gasteiger partial charge in [-0.1, -0.05) is 72.8 Å². The van der Waals surface area contributed by atoms with E-state index in [2.05, 4.69) is 0 Å². The zero-order valence-electron chi connectivity index (χ0n) is 15.0. The van der Waals surface area contributed by atoms with Gasteiger partial charge in [0.15, 0.2) is 17.6 Å². The Morgan fingerprint density at radius 1 is 0.821 bits per heavy atom. The van der Waals surface area contributed by atoms with Gasteiger partial charge in [0, 0.05) is 11.1 Å². The normalized spacial score (nSPS) is 16.1. The van der Waals surface area contributed by atoms with Crippen molar-refractivity contribution < 1.29 is 23.8 Å². The first kappa shape index (κ1) is 17.8. The molecule has 0 radical (unpaired) electrons. The quantitative estimate of drug-likeness (QED) is 0.499. The Morgan fingerprint density at radius 2 is 1.43 bits per heavy atom. The van der Waals surface area contributed by atoms with Crippen molar-refractivity contribution in [1.29, 1.82) is 0 Å². The number of hydrogen-bond acceptors (Lipinski definition) is 5. The summed E-state index contributed by atoms with van der Waals surface area (Å²) in [5, 5.41) is 0. The van der Waals surface area contributed by atoms with Crippen LogP contribution in [0.3, 0.4) is 0 Å². The van der Waals surface area contributed by atoms with E-state index in [0.717, 1.165) is 0 Å². The molecule has 0 saturated heterocycles. The van der Waals surface area contributed by atoms with E-state index in [1.165, 1.54) is 0 Å². The molecular weight excluding hydrogens is 356 g/mol. The number of para-hydroxylation sites is 2. The average molecular weight is 374 g/mol. The number of hydrogen-bond donors (Lipinski definition) is 0. The molecule has 0 aliphatic carbocycles. The molecule has 0 amide bonds. The molecule has 3 aromatic carbocycles. The first-order valence-corrected chi connectivity index (χ1v) is 8.95. The zero-order chi connectivity index (χ0) is 19.3. The van der Waals surface area contributed by atoms with Crippen LogP contribution in [0.25, 0.3) is 0 Å². The van der Waals surface area contributed by atoms with Crippen LogP contribution < -0.4 is 9.47 Å². The summed E-state index contributed by atoms with van der Waals surface area (Å²) in [7, 11) is 0. The van der Waals surface area contributed by atoms with Crippen LogP contribution in [0.1, 0.15) is 22.0 Å². The Morgan fingerprint density at radius 3 is 2.14 bits per heavy atom. The van der Waals surface area contributed by atoms with Gasteiger partial charge >= 0.3 is 5.97 Å². The number of esters is 1. The summed E-state index contributed by atoms with van der Waals surface area (Å²) in [6.07, 6.45) is -2.00. The molecule has 5 heteroatoms. The predicted octanol–water partition coefficient (Wildman–Crippen LogP) is 3.99. The smallest absolute Gasteiger partial charge is 0.352 e. The molecule has 0 aromatic heterocycles. The Labute approximate surface area is 162 Å². The number of carbonyl (C=O) groups is 2. The van der Waals surface area contributed by atoms with Crippen molar-refractivity contribution in [1.82, 2.24) is 0 Å². The van der Waals surface area contributed by atoms with Crippen LogP contribution in [0.5, 0.6) is 11.5 Å². The monoisotopic (exact) mass is 374 g/mol. The lowest BCUT2D eigenvalue weighted by molar-refractivity contribution is -0.158. The van der Waals surface area contributed by atoms with E-state index >= 15 is 0 Å². The van der Waals surface area contributed by atoms with E-state index in [0.29, 0.717) is 22.6 Å². The van der Waals surface area contributed by atoms with Crippen molar-refractivity contribution in [3.63, 3.8) is 0 Å². The molecule has 0 fully saturated rings. The Bertz CT molecular complexity index is 969. The first-order valence-electron chi connectivity index (χ1n) is 8.95. The fraction of sp³-hybridized carbons (Fsp3) is 0.130. The summed E-state index contributed by atoms with van der Waals surface area (Å²) in [5.74, 6) is 0.109. The minimum atomic E-state index is -1.06. The first-order chi connectivity index (χ1) is 13.7. The van der Waals surface area contributed by atoms with E-state index in [1.54, 1.807) is 66.7 Å². The van der Waals surface area contributed by atoms with E-state index in [4.69, 9.17) is 14.2 Å². The molecule has 1 heterocycles. The molecule has 0 saturated carbocycles. The molecule has 5 nitrogen and oxygen atoms in total. The van der Waals surface area contributed by atoms with Gasteiger partial charge in [-0.2, -0.15) is 0 Å². The zero-order valence-corrected chi connectivity index (χ0v) is 15.0. The summed E-state index contributed by atoms with van der Waals surface area (Å²) < 4.78 is 16.9. The number of rotatable bonds is 5. The van der Waals surface area contributed by atoms with Crippen molar-refractivity contribution in [2.75, 3.05) is 6.61 Å². The molecule has 0 bridgehead atoms. The number of Topliss-reactive ketones (excluding diaryl/α,β-unsaturated/α-hetero) is 1. The lowest BCUT2D eigenvalue weighted by atomic mass is 10.00. The standard InChI is InChI=1S/C23H18O5/c24-21(16-9-3-1-4-10-16)22(17-11-5-2-6-12-17)28-23(25)20-15-26-18-13-7-8-14-19(18)27-20/h1-14,20,22H,15H2/t20-,22+/m1/s1. The minimum absolute atomic E-state index is 0.0247. The lowest BCUT2D eigenvalue weighted by Gasteiger charge is -2.26. The molecule has 2 atom stereocenters. The van der Waals surface area contributed by atoms with E-state index < -0.39 is 18.2 Å². The third-order valence-corrected chi connectivity index (χ3v) is 4.40. The molecule has 3 aromatic rings. The van der Waals surface area contributed by atoms with Gasteiger partial charge in [-0.25, -0.2) is 4.79 Å². The highest BCUT2D eigenvalue weighted by Gasteiger charge is 2.33. The molecule has 0 unspecified atom stereocenters. The van der Waals surface area contributed by atoms with Crippen molar-refractivity contribution in [3.8, 4) is 11.5 Å². The SMILES string of the molecule is O=C(c1ccccc1)[C@@H](OC(=O)[C@H]1COc2ccccc2O1)c1ccccc1. The number of fused-ring (bicyclic) bond motifs is 1. The van der Waals surface area contributed by atoms with Crippen LogP contribution in [-0.2, 0) is 9.53 Å². The molecule has 4 rings (SSSR count). The van der Waals surface area contributed by atoms with Gasteiger partial charge in [-0.15, -0.1) is 0 Å². The molecule has 0 N–H and O–H groups in total. The Kier molecular flexibility index (Phi) is 5.06. The minimum Gasteiger partial charge on any atom is -0.485 e. The Balaban J connectivity index is 1.56. The van der Waals surface area contributed by atoms with Gasteiger partial charge in [-0.05, 0) is 12.1 Å². The summed E-state index contributed by atoms with van der Waals surface area (Å²) in [6, 6.07) is 24.8. The second-order valence-corrected chi connectivity index (χ2v) is 6.32. The third-order valence-electron chi connectivity index (χ3n) is 4.40. The van der Waals surface area contributed by atoms with Gasteiger partial charge in [0.25, 0.3) is 0 Å². The van der Waals surface area contributed by atoms with E-state index in [9.17, 15) is 9.59 Å². The van der Waals surface area contributed by atoms with Crippen molar-refractivity contribution in [2.45, 2.75) is 12.2 Å². The molecule has 28 heavy (non-hydrogen) atoms. The maximum Gasteiger partial charge on any atom is 0.352 e. The topological polar surface area (TPSA) is 61.8 Å². The number of carbonyl (C=O) groups excluding carboxylic acids is 2. The van der Waals surface area contributed by atoms with E-state index in [-0.39, 0.29) is 12.4 Å². The Hall–Kier alpha value is -3.60. The van der Waals surface area contributed by atoms with Crippen molar-refractivity contribution in [2.24, 2.45) is 0 Å². The summed E-state index contributed by atoms with van der Waals surface area (Å²) >= 11 is 0. The number of ketones is 1. The largest absolute Gasteiger partial charge is 0.485 e. The fourth-order valence-electron chi connectivity index (χ4n) is 2.98. The molecule has 1 aliphatic rings. The van der Waals surface area contributed by atoms with Gasteiger partial charge in [-0.3, -0.25) is 4.79 Å².